The highest BCUT2D eigenvalue weighted by molar-refractivity contribution is 6.04. The number of hydrogen-bond acceptors (Lipinski definition) is 6. The van der Waals surface area contributed by atoms with Crippen molar-refractivity contribution >= 4 is 43.6 Å². The summed E-state index contributed by atoms with van der Waals surface area (Å²) in [4.78, 5) is 28.9. The summed E-state index contributed by atoms with van der Waals surface area (Å²) in [5.41, 5.74) is 12.5. The first-order chi connectivity index (χ1) is 25.7. The number of aromatic nitrogens is 6. The molecule has 0 unspecified atom stereocenters. The van der Waals surface area contributed by atoms with E-state index in [9.17, 15) is 0 Å². The first-order valence-electron chi connectivity index (χ1n) is 17.2. The van der Waals surface area contributed by atoms with Crippen molar-refractivity contribution in [1.29, 1.82) is 0 Å². The zero-order valence-corrected chi connectivity index (χ0v) is 27.8. The summed E-state index contributed by atoms with van der Waals surface area (Å²) < 4.78 is 0. The van der Waals surface area contributed by atoms with Crippen LogP contribution in [-0.2, 0) is 0 Å². The summed E-state index contributed by atoms with van der Waals surface area (Å²) in [5.74, 6) is 0.613. The molecule has 0 saturated carbocycles. The highest BCUT2D eigenvalue weighted by atomic mass is 14.9. The average Bonchev–Trinajstić information content (AvgIpc) is 3.23. The number of nitrogens with zero attached hydrogens (tertiary/aromatic N) is 6. The number of hydrogen-bond donors (Lipinski definition) is 0. The first kappa shape index (κ1) is 29.7. The van der Waals surface area contributed by atoms with E-state index >= 15 is 0 Å². The maximum Gasteiger partial charge on any atom is 0.178 e. The summed E-state index contributed by atoms with van der Waals surface area (Å²) >= 11 is 0. The van der Waals surface area contributed by atoms with Gasteiger partial charge in [0.05, 0.1) is 39.1 Å². The average molecular weight is 665 g/mol. The molecule has 0 aliphatic rings. The summed E-state index contributed by atoms with van der Waals surface area (Å²) in [5, 5.41) is 4.29. The van der Waals surface area contributed by atoms with Crippen molar-refractivity contribution in [2.45, 2.75) is 0 Å². The minimum atomic E-state index is 0.613. The second kappa shape index (κ2) is 12.3. The second-order valence-corrected chi connectivity index (χ2v) is 12.8. The zero-order valence-electron chi connectivity index (χ0n) is 27.8. The van der Waals surface area contributed by atoms with Crippen molar-refractivity contribution in [2.75, 3.05) is 0 Å². The monoisotopic (exact) mass is 664 g/mol. The molecule has 5 aromatic carbocycles. The molecule has 242 valence electrons. The van der Waals surface area contributed by atoms with E-state index in [0.29, 0.717) is 5.82 Å². The van der Waals surface area contributed by atoms with E-state index in [0.717, 1.165) is 94.2 Å². The molecule has 0 aliphatic heterocycles. The SMILES string of the molecule is c1ccc(-c2ccc3ccc4ccc(-c5ccc(-c6ccc7ccc(-c8ccc9ccc(-c%10ncccn%10)nc9c8)cc7n6)cc5)nc4c3n2)cc1. The van der Waals surface area contributed by atoms with Crippen LogP contribution in [0.2, 0.25) is 0 Å². The van der Waals surface area contributed by atoms with Gasteiger partial charge in [-0.3, -0.25) is 0 Å². The van der Waals surface area contributed by atoms with Crippen LogP contribution < -0.4 is 0 Å². The standard InChI is InChI=1S/C46H28N6/c1-2-5-29(6-3-1)39-22-19-34-13-14-35-20-23-40(52-45(35)44(34)51-39)31-9-7-30(8-10-31)38-21-17-32-11-15-36(27-42(32)49-38)37-16-12-33-18-24-41(50-43(33)28-37)46-47-25-4-26-48-46/h1-28H. The van der Waals surface area contributed by atoms with Gasteiger partial charge in [0.25, 0.3) is 0 Å². The van der Waals surface area contributed by atoms with Crippen molar-refractivity contribution in [2.24, 2.45) is 0 Å². The highest BCUT2D eigenvalue weighted by Crippen LogP contribution is 2.32. The lowest BCUT2D eigenvalue weighted by Gasteiger charge is -2.09. The highest BCUT2D eigenvalue weighted by Gasteiger charge is 2.11. The minimum Gasteiger partial charge on any atom is -0.248 e. The second-order valence-electron chi connectivity index (χ2n) is 12.8. The Kier molecular flexibility index (Phi) is 7.03. The minimum absolute atomic E-state index is 0.613. The van der Waals surface area contributed by atoms with Crippen molar-refractivity contribution in [3.8, 4) is 56.4 Å². The Morgan fingerprint density at radius 1 is 0.288 bits per heavy atom. The van der Waals surface area contributed by atoms with Gasteiger partial charge in [0.1, 0.15) is 5.69 Å². The molecule has 0 spiro atoms. The quantitative estimate of drug-likeness (QED) is 0.170. The third kappa shape index (κ3) is 5.39. The normalized spacial score (nSPS) is 11.5. The molecular weight excluding hydrogens is 637 g/mol. The van der Waals surface area contributed by atoms with Crippen LogP contribution in [0.1, 0.15) is 0 Å². The lowest BCUT2D eigenvalue weighted by Crippen LogP contribution is -1.91. The molecule has 0 saturated heterocycles. The van der Waals surface area contributed by atoms with Gasteiger partial charge in [0.15, 0.2) is 5.82 Å². The molecule has 0 amide bonds. The van der Waals surface area contributed by atoms with Crippen LogP contribution in [0, 0.1) is 0 Å². The molecule has 6 nitrogen and oxygen atoms in total. The fourth-order valence-corrected chi connectivity index (χ4v) is 6.82. The topological polar surface area (TPSA) is 77.3 Å². The first-order valence-corrected chi connectivity index (χ1v) is 17.2. The van der Waals surface area contributed by atoms with Crippen LogP contribution in [0.5, 0.6) is 0 Å². The third-order valence-corrected chi connectivity index (χ3v) is 9.58. The Balaban J connectivity index is 0.965. The van der Waals surface area contributed by atoms with Crippen LogP contribution in [0.4, 0.5) is 0 Å². The van der Waals surface area contributed by atoms with Gasteiger partial charge in [0.2, 0.25) is 0 Å². The Hall–Kier alpha value is -7.18. The molecule has 52 heavy (non-hydrogen) atoms. The van der Waals surface area contributed by atoms with E-state index in [4.69, 9.17) is 19.9 Å². The molecule has 10 aromatic rings. The smallest absolute Gasteiger partial charge is 0.178 e. The van der Waals surface area contributed by atoms with Crippen molar-refractivity contribution < 1.29 is 0 Å². The third-order valence-electron chi connectivity index (χ3n) is 9.58. The van der Waals surface area contributed by atoms with Gasteiger partial charge in [-0.25, -0.2) is 29.9 Å². The Labute approximate surface area is 299 Å². The fourth-order valence-electron chi connectivity index (χ4n) is 6.82. The van der Waals surface area contributed by atoms with E-state index in [2.05, 4.69) is 137 Å². The van der Waals surface area contributed by atoms with Crippen LogP contribution in [0.15, 0.2) is 170 Å². The van der Waals surface area contributed by atoms with Gasteiger partial charge < -0.3 is 0 Å². The molecule has 0 bridgehead atoms. The van der Waals surface area contributed by atoms with Gasteiger partial charge in [-0.05, 0) is 53.6 Å². The fraction of sp³-hybridized carbons (Fsp3) is 0. The van der Waals surface area contributed by atoms with Crippen molar-refractivity contribution in [3.63, 3.8) is 0 Å². The summed E-state index contributed by atoms with van der Waals surface area (Å²) in [7, 11) is 0. The van der Waals surface area contributed by atoms with Gasteiger partial charge >= 0.3 is 0 Å². The molecular formula is C46H28N6. The van der Waals surface area contributed by atoms with Gasteiger partial charge in [-0.15, -0.1) is 0 Å². The summed E-state index contributed by atoms with van der Waals surface area (Å²) in [6.45, 7) is 0. The van der Waals surface area contributed by atoms with Crippen LogP contribution >= 0.6 is 0 Å². The Morgan fingerprint density at radius 3 is 1.25 bits per heavy atom. The number of rotatable bonds is 5. The zero-order chi connectivity index (χ0) is 34.4. The Morgan fingerprint density at radius 2 is 0.692 bits per heavy atom. The number of benzene rings is 5. The molecule has 0 atom stereocenters. The lowest BCUT2D eigenvalue weighted by atomic mass is 10.0. The van der Waals surface area contributed by atoms with Crippen molar-refractivity contribution in [3.05, 3.63) is 170 Å². The van der Waals surface area contributed by atoms with Gasteiger partial charge in [-0.2, -0.15) is 0 Å². The van der Waals surface area contributed by atoms with Crippen LogP contribution in [-0.4, -0.2) is 29.9 Å². The summed E-state index contributed by atoms with van der Waals surface area (Å²) in [6.07, 6.45) is 3.47. The lowest BCUT2D eigenvalue weighted by molar-refractivity contribution is 1.15. The molecule has 0 aliphatic carbocycles. The van der Waals surface area contributed by atoms with Crippen molar-refractivity contribution in [1.82, 2.24) is 29.9 Å². The number of fused-ring (bicyclic) bond motifs is 5. The van der Waals surface area contributed by atoms with Gasteiger partial charge in [0, 0.05) is 50.6 Å². The van der Waals surface area contributed by atoms with Crippen LogP contribution in [0.3, 0.4) is 0 Å². The molecule has 0 N–H and O–H groups in total. The van der Waals surface area contributed by atoms with Gasteiger partial charge in [-0.1, -0.05) is 115 Å². The van der Waals surface area contributed by atoms with E-state index in [1.807, 2.05) is 24.3 Å². The predicted molar refractivity (Wildman–Crippen MR) is 210 cm³/mol. The largest absolute Gasteiger partial charge is 0.248 e. The van der Waals surface area contributed by atoms with Crippen LogP contribution in [0.25, 0.3) is 100 Å². The molecule has 5 heterocycles. The summed E-state index contributed by atoms with van der Waals surface area (Å²) in [6, 6.07) is 54.2. The molecule has 6 heteroatoms. The van der Waals surface area contributed by atoms with E-state index in [1.165, 1.54) is 0 Å². The maximum absolute atomic E-state index is 5.14. The molecule has 0 fully saturated rings. The molecule has 10 rings (SSSR count). The van der Waals surface area contributed by atoms with E-state index in [1.54, 1.807) is 18.5 Å². The molecule has 0 radical (unpaired) electrons. The number of pyridine rings is 4. The molecule has 5 aromatic heterocycles. The van der Waals surface area contributed by atoms with E-state index in [-0.39, 0.29) is 0 Å². The Bertz CT molecular complexity index is 2940. The predicted octanol–water partition coefficient (Wildman–Crippen LogP) is 11.0. The van der Waals surface area contributed by atoms with E-state index < -0.39 is 0 Å². The maximum atomic E-state index is 5.14.